The molecule has 0 unspecified atom stereocenters. The molecule has 0 amide bonds. The molecule has 0 bridgehead atoms. The number of rotatable bonds is 17. The fourth-order valence-electron chi connectivity index (χ4n) is 1.88. The van der Waals surface area contributed by atoms with Gasteiger partial charge in [-0.15, -0.1) is 0 Å². The van der Waals surface area contributed by atoms with E-state index in [0.29, 0.717) is 70.8 Å². The van der Waals surface area contributed by atoms with Crippen LogP contribution in [0.1, 0.15) is 16.8 Å². The molecule has 0 aliphatic heterocycles. The number of carbonyl (C=O) groups excluding carboxylic acids is 2. The van der Waals surface area contributed by atoms with Crippen molar-refractivity contribution in [3.8, 4) is 5.75 Å². The lowest BCUT2D eigenvalue weighted by Gasteiger charge is -2.08. The zero-order chi connectivity index (χ0) is 19.6. The fourth-order valence-corrected chi connectivity index (χ4v) is 1.88. The zero-order valence-corrected chi connectivity index (χ0v) is 15.7. The van der Waals surface area contributed by atoms with Gasteiger partial charge in [0.1, 0.15) is 18.6 Å². The Bertz CT molecular complexity index is 503. The van der Waals surface area contributed by atoms with Gasteiger partial charge in [0.05, 0.1) is 66.4 Å². The van der Waals surface area contributed by atoms with Crippen molar-refractivity contribution in [1.82, 2.24) is 0 Å². The molecule has 152 valence electrons. The third kappa shape index (κ3) is 12.9. The van der Waals surface area contributed by atoms with Gasteiger partial charge in [-0.25, -0.2) is 0 Å². The van der Waals surface area contributed by atoms with Crippen LogP contribution < -0.4 is 4.74 Å². The van der Waals surface area contributed by atoms with Gasteiger partial charge < -0.3 is 28.4 Å². The molecular formula is C19H28O8. The van der Waals surface area contributed by atoms with E-state index < -0.39 is 0 Å². The van der Waals surface area contributed by atoms with E-state index in [1.54, 1.807) is 24.3 Å². The minimum absolute atomic E-state index is 0.247. The number of hydrogen-bond acceptors (Lipinski definition) is 8. The summed E-state index contributed by atoms with van der Waals surface area (Å²) in [6.45, 7) is 4.00. The summed E-state index contributed by atoms with van der Waals surface area (Å²) in [5.74, 6) is 0.415. The summed E-state index contributed by atoms with van der Waals surface area (Å²) in [7, 11) is 1.35. The normalized spacial score (nSPS) is 10.6. The van der Waals surface area contributed by atoms with Gasteiger partial charge >= 0.3 is 5.97 Å². The summed E-state index contributed by atoms with van der Waals surface area (Å²) in [6, 6.07) is 6.90. The summed E-state index contributed by atoms with van der Waals surface area (Å²) < 4.78 is 31.3. The SMILES string of the molecule is COC(=O)CCOCCOCCOCCOCCOc1ccc(C=O)cc1. The van der Waals surface area contributed by atoms with Gasteiger partial charge in [-0.1, -0.05) is 0 Å². The highest BCUT2D eigenvalue weighted by molar-refractivity contribution is 5.74. The summed E-state index contributed by atoms with van der Waals surface area (Å²) in [4.78, 5) is 21.4. The van der Waals surface area contributed by atoms with E-state index in [1.165, 1.54) is 7.11 Å². The minimum atomic E-state index is -0.286. The van der Waals surface area contributed by atoms with E-state index in [0.717, 1.165) is 6.29 Å². The van der Waals surface area contributed by atoms with Crippen LogP contribution in [0.5, 0.6) is 5.75 Å². The number of hydrogen-bond donors (Lipinski definition) is 0. The fraction of sp³-hybridized carbons (Fsp3) is 0.579. The lowest BCUT2D eigenvalue weighted by molar-refractivity contribution is -0.141. The first kappa shape index (κ1) is 23.0. The van der Waals surface area contributed by atoms with Crippen LogP contribution in [0.4, 0.5) is 0 Å². The molecule has 0 spiro atoms. The van der Waals surface area contributed by atoms with Gasteiger partial charge in [0.2, 0.25) is 0 Å². The maximum atomic E-state index is 10.8. The van der Waals surface area contributed by atoms with Crippen molar-refractivity contribution in [1.29, 1.82) is 0 Å². The van der Waals surface area contributed by atoms with Crippen LogP contribution >= 0.6 is 0 Å². The van der Waals surface area contributed by atoms with Crippen molar-refractivity contribution in [3.05, 3.63) is 29.8 Å². The summed E-state index contributed by atoms with van der Waals surface area (Å²) in [5, 5.41) is 0. The lowest BCUT2D eigenvalue weighted by atomic mass is 10.2. The van der Waals surface area contributed by atoms with Crippen molar-refractivity contribution >= 4 is 12.3 Å². The molecule has 1 aromatic carbocycles. The molecule has 8 nitrogen and oxygen atoms in total. The third-order valence-electron chi connectivity index (χ3n) is 3.31. The molecule has 1 rings (SSSR count). The second-order valence-corrected chi connectivity index (χ2v) is 5.31. The molecule has 8 heteroatoms. The predicted molar refractivity (Wildman–Crippen MR) is 97.2 cm³/mol. The smallest absolute Gasteiger partial charge is 0.307 e. The Balaban J connectivity index is 1.78. The van der Waals surface area contributed by atoms with Gasteiger partial charge in [-0.2, -0.15) is 0 Å². The van der Waals surface area contributed by atoms with Crippen LogP contribution in [0.3, 0.4) is 0 Å². The van der Waals surface area contributed by atoms with Crippen LogP contribution in [-0.2, 0) is 28.5 Å². The largest absolute Gasteiger partial charge is 0.491 e. The van der Waals surface area contributed by atoms with E-state index >= 15 is 0 Å². The molecule has 0 saturated heterocycles. The van der Waals surface area contributed by atoms with Crippen LogP contribution in [0.25, 0.3) is 0 Å². The third-order valence-corrected chi connectivity index (χ3v) is 3.31. The number of methoxy groups -OCH3 is 1. The number of ether oxygens (including phenoxy) is 6. The molecular weight excluding hydrogens is 356 g/mol. The van der Waals surface area contributed by atoms with Gasteiger partial charge in [-0.3, -0.25) is 9.59 Å². The Morgan fingerprint density at radius 2 is 1.26 bits per heavy atom. The Kier molecular flexibility index (Phi) is 13.8. The van der Waals surface area contributed by atoms with Gasteiger partial charge in [0.25, 0.3) is 0 Å². The molecule has 0 aliphatic rings. The molecule has 0 fully saturated rings. The molecule has 0 aromatic heterocycles. The van der Waals surface area contributed by atoms with Crippen molar-refractivity contribution in [3.63, 3.8) is 0 Å². The first-order valence-corrected chi connectivity index (χ1v) is 8.82. The maximum absolute atomic E-state index is 10.8. The topological polar surface area (TPSA) is 89.5 Å². The Morgan fingerprint density at radius 3 is 1.74 bits per heavy atom. The summed E-state index contributed by atoms with van der Waals surface area (Å²) in [5.41, 5.74) is 0.616. The Hall–Kier alpha value is -2.00. The van der Waals surface area contributed by atoms with Crippen molar-refractivity contribution < 1.29 is 38.0 Å². The Morgan fingerprint density at radius 1 is 0.778 bits per heavy atom. The predicted octanol–water partition coefficient (Wildman–Crippen LogP) is 1.51. The monoisotopic (exact) mass is 384 g/mol. The Labute approximate surface area is 159 Å². The molecule has 0 saturated carbocycles. The quantitative estimate of drug-likeness (QED) is 0.227. The second kappa shape index (κ2) is 16.2. The molecule has 0 N–H and O–H groups in total. The van der Waals surface area contributed by atoms with Crippen molar-refractivity contribution in [2.24, 2.45) is 0 Å². The number of carbonyl (C=O) groups is 2. The van der Waals surface area contributed by atoms with E-state index in [4.69, 9.17) is 23.7 Å². The molecule has 0 radical (unpaired) electrons. The summed E-state index contributed by atoms with van der Waals surface area (Å²) >= 11 is 0. The highest BCUT2D eigenvalue weighted by Gasteiger charge is 1.99. The van der Waals surface area contributed by atoms with E-state index in [9.17, 15) is 9.59 Å². The highest BCUT2D eigenvalue weighted by Crippen LogP contribution is 2.10. The van der Waals surface area contributed by atoms with Crippen molar-refractivity contribution in [2.75, 3.05) is 66.6 Å². The molecule has 1 aromatic rings. The van der Waals surface area contributed by atoms with Gasteiger partial charge in [0, 0.05) is 5.56 Å². The van der Waals surface area contributed by atoms with E-state index in [1.807, 2.05) is 0 Å². The lowest BCUT2D eigenvalue weighted by Crippen LogP contribution is -2.14. The first-order chi connectivity index (χ1) is 13.3. The van der Waals surface area contributed by atoms with Crippen LogP contribution in [0, 0.1) is 0 Å². The molecule has 27 heavy (non-hydrogen) atoms. The second-order valence-electron chi connectivity index (χ2n) is 5.31. The highest BCUT2D eigenvalue weighted by atomic mass is 16.6. The first-order valence-electron chi connectivity index (χ1n) is 8.82. The molecule has 0 heterocycles. The minimum Gasteiger partial charge on any atom is -0.491 e. The number of benzene rings is 1. The van der Waals surface area contributed by atoms with E-state index in [-0.39, 0.29) is 12.4 Å². The van der Waals surface area contributed by atoms with Gasteiger partial charge in [-0.05, 0) is 24.3 Å². The number of esters is 1. The number of aldehydes is 1. The van der Waals surface area contributed by atoms with E-state index in [2.05, 4.69) is 4.74 Å². The van der Waals surface area contributed by atoms with Crippen LogP contribution in [0.15, 0.2) is 24.3 Å². The summed E-state index contributed by atoms with van der Waals surface area (Å²) in [6.07, 6.45) is 1.04. The zero-order valence-electron chi connectivity index (χ0n) is 15.7. The maximum Gasteiger partial charge on any atom is 0.307 e. The standard InChI is InChI=1S/C19H28O8/c1-22-19(21)6-7-23-8-9-24-10-11-25-12-13-26-14-15-27-18-4-2-17(16-20)3-5-18/h2-5,16H,6-15H2,1H3. The van der Waals surface area contributed by atoms with Crippen LogP contribution in [0.2, 0.25) is 0 Å². The van der Waals surface area contributed by atoms with Gasteiger partial charge in [0.15, 0.2) is 0 Å². The molecule has 0 aliphatic carbocycles. The molecule has 0 atom stereocenters. The van der Waals surface area contributed by atoms with Crippen LogP contribution in [-0.4, -0.2) is 78.8 Å². The van der Waals surface area contributed by atoms with Crippen molar-refractivity contribution in [2.45, 2.75) is 6.42 Å². The average Bonchev–Trinajstić information content (AvgIpc) is 2.71. The average molecular weight is 384 g/mol.